The number of benzene rings is 1. The highest BCUT2D eigenvalue weighted by Crippen LogP contribution is 2.64. The smallest absolute Gasteiger partial charge is 0.303 e. The van der Waals surface area contributed by atoms with Crippen LogP contribution in [0, 0.1) is 5.41 Å². The van der Waals surface area contributed by atoms with Crippen molar-refractivity contribution < 1.29 is 13.2 Å². The van der Waals surface area contributed by atoms with Gasteiger partial charge in [-0.2, -0.15) is 13.2 Å². The first-order valence-electron chi connectivity index (χ1n) is 7.40. The summed E-state index contributed by atoms with van der Waals surface area (Å²) >= 11 is 5.72. The Morgan fingerprint density at radius 3 is 2.57 bits per heavy atom. The molecular formula is C16H19ClF3N. The van der Waals surface area contributed by atoms with E-state index in [1.807, 2.05) is 0 Å². The van der Waals surface area contributed by atoms with E-state index in [-0.39, 0.29) is 0 Å². The van der Waals surface area contributed by atoms with Gasteiger partial charge in [0.05, 0.1) is 5.56 Å². The maximum Gasteiger partial charge on any atom is 0.416 e. The van der Waals surface area contributed by atoms with Gasteiger partial charge in [-0.1, -0.05) is 12.1 Å². The standard InChI is InChI=1S/C16H19ClF3N/c17-7-1-8-21-9-6-15(11-21)10-14(15)12-2-4-13(5-3-12)16(18,19)20/h2-5,14H,1,6-11H2/t14-,15+/m1/s1. The lowest BCUT2D eigenvalue weighted by Crippen LogP contribution is -2.22. The van der Waals surface area contributed by atoms with Crippen LogP contribution in [0.2, 0.25) is 0 Å². The van der Waals surface area contributed by atoms with Crippen molar-refractivity contribution in [2.75, 3.05) is 25.5 Å². The summed E-state index contributed by atoms with van der Waals surface area (Å²) in [5.41, 5.74) is 0.810. The van der Waals surface area contributed by atoms with Gasteiger partial charge in [-0.15, -0.1) is 11.6 Å². The summed E-state index contributed by atoms with van der Waals surface area (Å²) in [7, 11) is 0. The van der Waals surface area contributed by atoms with Crippen molar-refractivity contribution in [1.82, 2.24) is 4.90 Å². The van der Waals surface area contributed by atoms with Crippen molar-refractivity contribution in [2.45, 2.75) is 31.4 Å². The van der Waals surface area contributed by atoms with Crippen LogP contribution in [0.1, 0.15) is 36.3 Å². The van der Waals surface area contributed by atoms with Crippen LogP contribution in [0.3, 0.4) is 0 Å². The van der Waals surface area contributed by atoms with E-state index in [0.717, 1.165) is 44.5 Å². The van der Waals surface area contributed by atoms with Crippen LogP contribution in [0.25, 0.3) is 0 Å². The Morgan fingerprint density at radius 1 is 1.24 bits per heavy atom. The van der Waals surface area contributed by atoms with E-state index in [2.05, 4.69) is 4.90 Å². The first kappa shape index (κ1) is 15.2. The fourth-order valence-corrected chi connectivity index (χ4v) is 3.75. The number of alkyl halides is 4. The summed E-state index contributed by atoms with van der Waals surface area (Å²) < 4.78 is 37.7. The van der Waals surface area contributed by atoms with E-state index >= 15 is 0 Å². The fourth-order valence-electron chi connectivity index (χ4n) is 3.63. The first-order chi connectivity index (χ1) is 9.94. The molecule has 1 aliphatic carbocycles. The Morgan fingerprint density at radius 2 is 1.95 bits per heavy atom. The molecule has 1 spiro atoms. The van der Waals surface area contributed by atoms with Gasteiger partial charge >= 0.3 is 6.18 Å². The summed E-state index contributed by atoms with van der Waals surface area (Å²) in [5.74, 6) is 1.12. The van der Waals surface area contributed by atoms with Gasteiger partial charge in [0, 0.05) is 12.4 Å². The van der Waals surface area contributed by atoms with E-state index in [4.69, 9.17) is 11.6 Å². The molecule has 5 heteroatoms. The minimum Gasteiger partial charge on any atom is -0.303 e. The number of hydrogen-bond acceptors (Lipinski definition) is 1. The largest absolute Gasteiger partial charge is 0.416 e. The normalized spacial score (nSPS) is 29.2. The molecule has 0 unspecified atom stereocenters. The SMILES string of the molecule is FC(F)(F)c1ccc([C@H]2C[C@]23CCN(CCCCl)C3)cc1. The Kier molecular flexibility index (Phi) is 3.95. The summed E-state index contributed by atoms with van der Waals surface area (Å²) in [4.78, 5) is 2.44. The average molecular weight is 318 g/mol. The predicted molar refractivity (Wildman–Crippen MR) is 77.6 cm³/mol. The van der Waals surface area contributed by atoms with Gasteiger partial charge in [0.15, 0.2) is 0 Å². The van der Waals surface area contributed by atoms with Crippen LogP contribution >= 0.6 is 11.6 Å². The molecule has 1 saturated heterocycles. The monoisotopic (exact) mass is 317 g/mol. The second-order valence-electron chi connectivity index (χ2n) is 6.31. The molecule has 116 valence electrons. The zero-order valence-corrected chi connectivity index (χ0v) is 12.6. The number of likely N-dealkylation sites (tertiary alicyclic amines) is 1. The van der Waals surface area contributed by atoms with Gasteiger partial charge in [-0.05, 0) is 61.4 Å². The predicted octanol–water partition coefficient (Wildman–Crippen LogP) is 4.51. The highest BCUT2D eigenvalue weighted by molar-refractivity contribution is 6.17. The fraction of sp³-hybridized carbons (Fsp3) is 0.625. The number of halogens is 4. The number of rotatable bonds is 4. The molecule has 1 aliphatic heterocycles. The lowest BCUT2D eigenvalue weighted by Gasteiger charge is -2.15. The van der Waals surface area contributed by atoms with E-state index in [1.165, 1.54) is 12.1 Å². The molecule has 0 amide bonds. The lowest BCUT2D eigenvalue weighted by atomic mass is 9.97. The zero-order valence-electron chi connectivity index (χ0n) is 11.8. The van der Waals surface area contributed by atoms with E-state index < -0.39 is 11.7 Å². The molecule has 1 nitrogen and oxygen atoms in total. The van der Waals surface area contributed by atoms with Crippen LogP contribution in [-0.2, 0) is 6.18 Å². The topological polar surface area (TPSA) is 3.24 Å². The van der Waals surface area contributed by atoms with Crippen LogP contribution in [0.4, 0.5) is 13.2 Å². The van der Waals surface area contributed by atoms with Crippen molar-refractivity contribution in [2.24, 2.45) is 5.41 Å². The molecule has 2 atom stereocenters. The minimum absolute atomic E-state index is 0.312. The average Bonchev–Trinajstić information content (AvgIpc) is 2.99. The molecule has 1 heterocycles. The van der Waals surface area contributed by atoms with Crippen LogP contribution in [0.5, 0.6) is 0 Å². The van der Waals surface area contributed by atoms with Crippen LogP contribution in [-0.4, -0.2) is 30.4 Å². The maximum atomic E-state index is 12.6. The highest BCUT2D eigenvalue weighted by atomic mass is 35.5. The minimum atomic E-state index is -4.24. The van der Waals surface area contributed by atoms with E-state index in [1.54, 1.807) is 12.1 Å². The molecule has 21 heavy (non-hydrogen) atoms. The first-order valence-corrected chi connectivity index (χ1v) is 7.94. The lowest BCUT2D eigenvalue weighted by molar-refractivity contribution is -0.137. The van der Waals surface area contributed by atoms with Crippen LogP contribution < -0.4 is 0 Å². The molecule has 0 N–H and O–H groups in total. The van der Waals surface area contributed by atoms with Gasteiger partial charge in [-0.3, -0.25) is 0 Å². The van der Waals surface area contributed by atoms with Gasteiger partial charge in [-0.25, -0.2) is 0 Å². The summed E-state index contributed by atoms with van der Waals surface area (Å²) in [6.07, 6.45) is -0.981. The van der Waals surface area contributed by atoms with Crippen molar-refractivity contribution in [3.8, 4) is 0 Å². The summed E-state index contributed by atoms with van der Waals surface area (Å²) in [5, 5.41) is 0. The molecule has 1 aromatic rings. The molecule has 3 rings (SSSR count). The molecular weight excluding hydrogens is 299 g/mol. The second-order valence-corrected chi connectivity index (χ2v) is 6.69. The quantitative estimate of drug-likeness (QED) is 0.738. The maximum absolute atomic E-state index is 12.6. The second kappa shape index (κ2) is 5.47. The molecule has 1 aromatic carbocycles. The molecule has 0 aromatic heterocycles. The van der Waals surface area contributed by atoms with Crippen molar-refractivity contribution in [3.63, 3.8) is 0 Å². The summed E-state index contributed by atoms with van der Waals surface area (Å²) in [6, 6.07) is 5.73. The van der Waals surface area contributed by atoms with Crippen molar-refractivity contribution in [1.29, 1.82) is 0 Å². The Hall–Kier alpha value is -0.740. The van der Waals surface area contributed by atoms with Crippen LogP contribution in [0.15, 0.2) is 24.3 Å². The van der Waals surface area contributed by atoms with Gasteiger partial charge in [0.2, 0.25) is 0 Å². The third kappa shape index (κ3) is 3.07. The number of nitrogens with zero attached hydrogens (tertiary/aromatic N) is 1. The van der Waals surface area contributed by atoms with Gasteiger partial charge in [0.1, 0.15) is 0 Å². The molecule has 2 fully saturated rings. The zero-order chi connectivity index (χ0) is 15.1. The van der Waals surface area contributed by atoms with Crippen molar-refractivity contribution >= 4 is 11.6 Å². The Bertz CT molecular complexity index is 499. The Balaban J connectivity index is 1.63. The third-order valence-electron chi connectivity index (χ3n) is 4.90. The van der Waals surface area contributed by atoms with Crippen molar-refractivity contribution in [3.05, 3.63) is 35.4 Å². The molecule has 0 bridgehead atoms. The third-order valence-corrected chi connectivity index (χ3v) is 5.17. The molecule has 0 radical (unpaired) electrons. The molecule has 2 aliphatic rings. The van der Waals surface area contributed by atoms with Gasteiger partial charge < -0.3 is 4.90 Å². The van der Waals surface area contributed by atoms with E-state index in [9.17, 15) is 13.2 Å². The van der Waals surface area contributed by atoms with Gasteiger partial charge in [0.25, 0.3) is 0 Å². The highest BCUT2D eigenvalue weighted by Gasteiger charge is 2.57. The Labute approximate surface area is 128 Å². The summed E-state index contributed by atoms with van der Waals surface area (Å²) in [6.45, 7) is 3.19. The molecule has 1 saturated carbocycles. The van der Waals surface area contributed by atoms with E-state index in [0.29, 0.717) is 17.2 Å². The number of hydrogen-bond donors (Lipinski definition) is 0.